The van der Waals surface area contributed by atoms with Crippen LogP contribution in [0.4, 0.5) is 5.82 Å². The van der Waals surface area contributed by atoms with E-state index in [1.54, 1.807) is 10.9 Å². The van der Waals surface area contributed by atoms with Gasteiger partial charge in [-0.15, -0.1) is 5.10 Å². The van der Waals surface area contributed by atoms with Crippen molar-refractivity contribution in [1.29, 1.82) is 0 Å². The smallest absolute Gasteiger partial charge is 0.242 e. The minimum absolute atomic E-state index is 0.113. The van der Waals surface area contributed by atoms with Crippen LogP contribution >= 0.6 is 0 Å². The lowest BCUT2D eigenvalue weighted by Crippen LogP contribution is -2.38. The van der Waals surface area contributed by atoms with Gasteiger partial charge in [-0.25, -0.2) is 9.67 Å². The molecule has 8 nitrogen and oxygen atoms in total. The molecule has 0 unspecified atom stereocenters. The number of nitrogens with one attached hydrogen (secondary N) is 1. The maximum Gasteiger partial charge on any atom is 0.242 e. The Kier molecular flexibility index (Phi) is 4.74. The van der Waals surface area contributed by atoms with E-state index in [1.165, 1.54) is 0 Å². The quantitative estimate of drug-likeness (QED) is 0.737. The van der Waals surface area contributed by atoms with Crippen molar-refractivity contribution in [3.05, 3.63) is 48.2 Å². The van der Waals surface area contributed by atoms with Crippen molar-refractivity contribution in [3.63, 3.8) is 0 Å². The van der Waals surface area contributed by atoms with Crippen LogP contribution in [-0.2, 0) is 22.6 Å². The van der Waals surface area contributed by atoms with Crippen LogP contribution in [-0.4, -0.2) is 52.2 Å². The van der Waals surface area contributed by atoms with E-state index in [2.05, 4.69) is 25.5 Å². The van der Waals surface area contributed by atoms with Crippen LogP contribution in [0.1, 0.15) is 5.56 Å². The molecule has 26 heavy (non-hydrogen) atoms. The number of aromatic nitrogens is 4. The number of para-hydroxylation sites is 1. The van der Waals surface area contributed by atoms with Crippen LogP contribution < -0.4 is 10.2 Å². The van der Waals surface area contributed by atoms with Gasteiger partial charge in [-0.2, -0.15) is 0 Å². The lowest BCUT2D eigenvalue weighted by Gasteiger charge is -2.29. The maximum atomic E-state index is 12.4. The Hall–Kier alpha value is -3.00. The van der Waals surface area contributed by atoms with Gasteiger partial charge < -0.3 is 15.0 Å². The molecule has 0 saturated carbocycles. The molecule has 0 spiro atoms. The Balaban J connectivity index is 1.42. The topological polar surface area (TPSA) is 85.2 Å². The number of pyridine rings is 1. The first-order chi connectivity index (χ1) is 12.8. The van der Waals surface area contributed by atoms with Gasteiger partial charge in [0.2, 0.25) is 5.91 Å². The van der Waals surface area contributed by atoms with Crippen molar-refractivity contribution < 1.29 is 9.53 Å². The van der Waals surface area contributed by atoms with E-state index in [-0.39, 0.29) is 12.5 Å². The van der Waals surface area contributed by atoms with Gasteiger partial charge in [0.25, 0.3) is 0 Å². The number of morpholine rings is 1. The van der Waals surface area contributed by atoms with Crippen LogP contribution in [0.3, 0.4) is 0 Å². The van der Waals surface area contributed by atoms with Crippen LogP contribution in [0.25, 0.3) is 11.0 Å². The molecule has 2 aromatic heterocycles. The molecule has 134 valence electrons. The number of carbonyl (C=O) groups excluding carboxylic acids is 1. The fraction of sp³-hybridized carbons (Fsp3) is 0.333. The second-order valence-electron chi connectivity index (χ2n) is 6.10. The Bertz CT molecular complexity index is 903. The van der Waals surface area contributed by atoms with Gasteiger partial charge in [-0.1, -0.05) is 23.4 Å². The number of hydrogen-bond acceptors (Lipinski definition) is 6. The van der Waals surface area contributed by atoms with E-state index >= 15 is 0 Å². The normalized spacial score (nSPS) is 14.5. The van der Waals surface area contributed by atoms with Gasteiger partial charge in [0.05, 0.1) is 18.7 Å². The summed E-state index contributed by atoms with van der Waals surface area (Å²) in [7, 11) is 0. The number of carbonyl (C=O) groups is 1. The highest BCUT2D eigenvalue weighted by atomic mass is 16.5. The summed E-state index contributed by atoms with van der Waals surface area (Å²) in [5.41, 5.74) is 2.62. The zero-order valence-electron chi connectivity index (χ0n) is 14.3. The van der Waals surface area contributed by atoms with Crippen molar-refractivity contribution in [2.24, 2.45) is 0 Å². The molecule has 0 atom stereocenters. The van der Waals surface area contributed by atoms with Gasteiger partial charge >= 0.3 is 0 Å². The van der Waals surface area contributed by atoms with E-state index in [1.807, 2.05) is 36.4 Å². The van der Waals surface area contributed by atoms with Crippen LogP contribution in [0.2, 0.25) is 0 Å². The van der Waals surface area contributed by atoms with Gasteiger partial charge in [-0.05, 0) is 18.2 Å². The van der Waals surface area contributed by atoms with Crippen molar-refractivity contribution in [2.45, 2.75) is 13.1 Å². The molecule has 1 aromatic carbocycles. The predicted octanol–water partition coefficient (Wildman–Crippen LogP) is 0.979. The summed E-state index contributed by atoms with van der Waals surface area (Å²) in [5, 5.41) is 11.1. The van der Waals surface area contributed by atoms with Gasteiger partial charge in [-0.3, -0.25) is 4.79 Å². The van der Waals surface area contributed by atoms with E-state index in [9.17, 15) is 4.79 Å². The third kappa shape index (κ3) is 3.50. The molecule has 0 bridgehead atoms. The van der Waals surface area contributed by atoms with Crippen molar-refractivity contribution in [3.8, 4) is 0 Å². The Morgan fingerprint density at radius 3 is 2.88 bits per heavy atom. The molecule has 1 aliphatic rings. The molecule has 4 rings (SSSR count). The summed E-state index contributed by atoms with van der Waals surface area (Å²) < 4.78 is 7.01. The van der Waals surface area contributed by atoms with Gasteiger partial charge in [0.1, 0.15) is 17.9 Å². The Morgan fingerprint density at radius 2 is 2.00 bits per heavy atom. The lowest BCUT2D eigenvalue weighted by molar-refractivity contribution is -0.121. The highest BCUT2D eigenvalue weighted by Gasteiger charge is 2.16. The molecule has 3 aromatic rings. The fourth-order valence-corrected chi connectivity index (χ4v) is 3.05. The third-order valence-electron chi connectivity index (χ3n) is 4.37. The summed E-state index contributed by atoms with van der Waals surface area (Å²) >= 11 is 0. The Morgan fingerprint density at radius 1 is 1.15 bits per heavy atom. The van der Waals surface area contributed by atoms with E-state index < -0.39 is 0 Å². The number of anilines is 1. The molecular weight excluding hydrogens is 332 g/mol. The molecule has 1 fully saturated rings. The average molecular weight is 352 g/mol. The molecule has 1 saturated heterocycles. The first-order valence-electron chi connectivity index (χ1n) is 8.63. The molecule has 1 aliphatic heterocycles. The summed E-state index contributed by atoms with van der Waals surface area (Å²) in [5.74, 6) is 0.791. The SMILES string of the molecule is O=C(Cn1nnc2ccccc21)NCc1cccnc1N1CCOCC1. The second kappa shape index (κ2) is 7.49. The van der Waals surface area contributed by atoms with Crippen molar-refractivity contribution in [2.75, 3.05) is 31.2 Å². The summed E-state index contributed by atoms with van der Waals surface area (Å²) in [6.07, 6.45) is 1.78. The van der Waals surface area contributed by atoms with Crippen LogP contribution in [0, 0.1) is 0 Å². The summed E-state index contributed by atoms with van der Waals surface area (Å²) in [4.78, 5) is 19.0. The lowest BCUT2D eigenvalue weighted by atomic mass is 10.2. The molecule has 3 heterocycles. The third-order valence-corrected chi connectivity index (χ3v) is 4.37. The number of benzene rings is 1. The standard InChI is InChI=1S/C18H20N6O2/c25-17(13-24-16-6-2-1-5-15(16)21-22-24)20-12-14-4-3-7-19-18(14)23-8-10-26-11-9-23/h1-7H,8-13H2,(H,20,25). The van der Waals surface area contributed by atoms with Crippen molar-refractivity contribution in [1.82, 2.24) is 25.3 Å². The average Bonchev–Trinajstić information content (AvgIpc) is 3.10. The monoisotopic (exact) mass is 352 g/mol. The van der Waals surface area contributed by atoms with E-state index in [0.717, 1.165) is 35.5 Å². The van der Waals surface area contributed by atoms with Crippen LogP contribution in [0.5, 0.6) is 0 Å². The molecule has 0 aliphatic carbocycles. The van der Waals surface area contributed by atoms with E-state index in [4.69, 9.17) is 4.74 Å². The second-order valence-corrected chi connectivity index (χ2v) is 6.10. The first-order valence-corrected chi connectivity index (χ1v) is 8.63. The zero-order chi connectivity index (χ0) is 17.8. The molecule has 0 radical (unpaired) electrons. The number of fused-ring (bicyclic) bond motifs is 1. The van der Waals surface area contributed by atoms with Gasteiger partial charge in [0, 0.05) is 31.4 Å². The largest absolute Gasteiger partial charge is 0.378 e. The number of amides is 1. The van der Waals surface area contributed by atoms with Gasteiger partial charge in [0.15, 0.2) is 0 Å². The highest BCUT2D eigenvalue weighted by molar-refractivity contribution is 5.79. The predicted molar refractivity (Wildman–Crippen MR) is 96.6 cm³/mol. The number of rotatable bonds is 5. The molecular formula is C18H20N6O2. The maximum absolute atomic E-state index is 12.4. The minimum Gasteiger partial charge on any atom is -0.378 e. The summed E-state index contributed by atoms with van der Waals surface area (Å²) in [6, 6.07) is 11.5. The van der Waals surface area contributed by atoms with Crippen LogP contribution in [0.15, 0.2) is 42.6 Å². The fourth-order valence-electron chi connectivity index (χ4n) is 3.05. The van der Waals surface area contributed by atoms with Crippen molar-refractivity contribution >= 4 is 22.8 Å². The number of nitrogens with zero attached hydrogens (tertiary/aromatic N) is 5. The first kappa shape index (κ1) is 16.5. The number of ether oxygens (including phenoxy) is 1. The minimum atomic E-state index is -0.113. The molecule has 1 amide bonds. The number of hydrogen-bond donors (Lipinski definition) is 1. The molecule has 8 heteroatoms. The zero-order valence-corrected chi connectivity index (χ0v) is 14.3. The highest BCUT2D eigenvalue weighted by Crippen LogP contribution is 2.18. The Labute approximate surface area is 150 Å². The van der Waals surface area contributed by atoms with E-state index in [0.29, 0.717) is 19.8 Å². The molecule has 1 N–H and O–H groups in total. The summed E-state index contributed by atoms with van der Waals surface area (Å²) in [6.45, 7) is 3.56.